The van der Waals surface area contributed by atoms with Crippen molar-refractivity contribution in [1.29, 1.82) is 0 Å². The van der Waals surface area contributed by atoms with E-state index < -0.39 is 7.60 Å². The topological polar surface area (TPSA) is 83.3 Å². The molecule has 1 unspecified atom stereocenters. The molecule has 0 radical (unpaired) electrons. The van der Waals surface area contributed by atoms with E-state index in [9.17, 15) is 4.57 Å². The first-order valence-electron chi connectivity index (χ1n) is 4.29. The van der Waals surface area contributed by atoms with E-state index in [1.807, 2.05) is 6.92 Å². The molecular formula is C8H13N2O3P. The van der Waals surface area contributed by atoms with Crippen LogP contribution in [0.15, 0.2) is 18.6 Å². The highest BCUT2D eigenvalue weighted by molar-refractivity contribution is 7.51. The Morgan fingerprint density at radius 3 is 2.71 bits per heavy atom. The van der Waals surface area contributed by atoms with E-state index in [-0.39, 0.29) is 12.1 Å². The SMILES string of the molecule is CC(CCP(=O)(O)O)c1cnccn1. The lowest BCUT2D eigenvalue weighted by molar-refractivity contribution is 0.370. The van der Waals surface area contributed by atoms with Crippen LogP contribution in [-0.4, -0.2) is 25.9 Å². The van der Waals surface area contributed by atoms with Gasteiger partial charge in [-0.1, -0.05) is 6.92 Å². The van der Waals surface area contributed by atoms with Crippen molar-refractivity contribution in [2.75, 3.05) is 6.16 Å². The van der Waals surface area contributed by atoms with Crippen molar-refractivity contribution in [3.05, 3.63) is 24.3 Å². The lowest BCUT2D eigenvalue weighted by Crippen LogP contribution is -2.00. The van der Waals surface area contributed by atoms with Crippen LogP contribution >= 0.6 is 7.60 Å². The third-order valence-electron chi connectivity index (χ3n) is 1.94. The monoisotopic (exact) mass is 216 g/mol. The number of hydrogen-bond donors (Lipinski definition) is 2. The summed E-state index contributed by atoms with van der Waals surface area (Å²) in [5.74, 6) is 0.0244. The van der Waals surface area contributed by atoms with E-state index in [0.717, 1.165) is 5.69 Å². The normalized spacial score (nSPS) is 13.9. The lowest BCUT2D eigenvalue weighted by atomic mass is 10.1. The molecule has 0 amide bonds. The summed E-state index contributed by atoms with van der Waals surface area (Å²) >= 11 is 0. The summed E-state index contributed by atoms with van der Waals surface area (Å²) in [7, 11) is -3.89. The fraction of sp³-hybridized carbons (Fsp3) is 0.500. The van der Waals surface area contributed by atoms with Crippen molar-refractivity contribution in [2.24, 2.45) is 0 Å². The van der Waals surface area contributed by atoms with E-state index in [1.54, 1.807) is 18.6 Å². The Morgan fingerprint density at radius 2 is 2.21 bits per heavy atom. The van der Waals surface area contributed by atoms with Gasteiger partial charge in [-0.25, -0.2) is 0 Å². The second-order valence-electron chi connectivity index (χ2n) is 3.21. The molecular weight excluding hydrogens is 203 g/mol. The van der Waals surface area contributed by atoms with Crippen molar-refractivity contribution in [3.8, 4) is 0 Å². The summed E-state index contributed by atoms with van der Waals surface area (Å²) in [5, 5.41) is 0. The third-order valence-corrected chi connectivity index (χ3v) is 2.78. The Bertz CT molecular complexity index is 325. The fourth-order valence-electron chi connectivity index (χ4n) is 1.07. The van der Waals surface area contributed by atoms with Gasteiger partial charge < -0.3 is 9.79 Å². The molecule has 0 aliphatic rings. The Morgan fingerprint density at radius 1 is 1.50 bits per heavy atom. The van der Waals surface area contributed by atoms with Crippen LogP contribution in [0, 0.1) is 0 Å². The van der Waals surface area contributed by atoms with Crippen molar-refractivity contribution in [3.63, 3.8) is 0 Å². The molecule has 0 saturated carbocycles. The van der Waals surface area contributed by atoms with Crippen LogP contribution in [0.25, 0.3) is 0 Å². The van der Waals surface area contributed by atoms with Gasteiger partial charge in [-0.3, -0.25) is 14.5 Å². The zero-order valence-electron chi connectivity index (χ0n) is 7.87. The van der Waals surface area contributed by atoms with Crippen LogP contribution in [0.5, 0.6) is 0 Å². The molecule has 1 rings (SSSR count). The molecule has 1 aromatic rings. The highest BCUT2D eigenvalue weighted by atomic mass is 31.2. The Kier molecular flexibility index (Phi) is 3.75. The predicted octanol–water partition coefficient (Wildman–Crippen LogP) is 1.15. The first-order valence-corrected chi connectivity index (χ1v) is 6.09. The Hall–Kier alpha value is -0.770. The van der Waals surface area contributed by atoms with E-state index in [2.05, 4.69) is 9.97 Å². The van der Waals surface area contributed by atoms with E-state index in [4.69, 9.17) is 9.79 Å². The summed E-state index contributed by atoms with van der Waals surface area (Å²) in [4.78, 5) is 25.3. The molecule has 0 saturated heterocycles. The predicted molar refractivity (Wildman–Crippen MR) is 52.0 cm³/mol. The quantitative estimate of drug-likeness (QED) is 0.737. The van der Waals surface area contributed by atoms with Crippen LogP contribution in [0.4, 0.5) is 0 Å². The van der Waals surface area contributed by atoms with Crippen molar-refractivity contribution in [1.82, 2.24) is 9.97 Å². The highest BCUT2D eigenvalue weighted by Crippen LogP contribution is 2.37. The molecule has 0 aliphatic heterocycles. The minimum atomic E-state index is -3.89. The van der Waals surface area contributed by atoms with Gasteiger partial charge in [0.25, 0.3) is 0 Å². The second kappa shape index (κ2) is 4.64. The van der Waals surface area contributed by atoms with Crippen LogP contribution in [-0.2, 0) is 4.57 Å². The molecule has 6 heteroatoms. The van der Waals surface area contributed by atoms with E-state index in [0.29, 0.717) is 6.42 Å². The van der Waals surface area contributed by atoms with Gasteiger partial charge in [0.1, 0.15) is 0 Å². The van der Waals surface area contributed by atoms with Gasteiger partial charge in [0.05, 0.1) is 11.9 Å². The van der Waals surface area contributed by atoms with Crippen LogP contribution in [0.1, 0.15) is 25.0 Å². The van der Waals surface area contributed by atoms with Gasteiger partial charge in [-0.05, 0) is 6.42 Å². The molecule has 0 bridgehead atoms. The van der Waals surface area contributed by atoms with Crippen LogP contribution in [0.2, 0.25) is 0 Å². The van der Waals surface area contributed by atoms with Crippen molar-refractivity contribution in [2.45, 2.75) is 19.3 Å². The average molecular weight is 216 g/mol. The zero-order valence-corrected chi connectivity index (χ0v) is 8.76. The molecule has 0 spiro atoms. The molecule has 14 heavy (non-hydrogen) atoms. The molecule has 2 N–H and O–H groups in total. The molecule has 0 aliphatic carbocycles. The van der Waals surface area contributed by atoms with Gasteiger partial charge in [-0.2, -0.15) is 0 Å². The number of rotatable bonds is 4. The summed E-state index contributed by atoms with van der Waals surface area (Å²) in [5.41, 5.74) is 0.765. The third kappa shape index (κ3) is 3.96. The maximum Gasteiger partial charge on any atom is 0.325 e. The van der Waals surface area contributed by atoms with E-state index >= 15 is 0 Å². The molecule has 0 fully saturated rings. The molecule has 78 valence electrons. The lowest BCUT2D eigenvalue weighted by Gasteiger charge is -2.10. The highest BCUT2D eigenvalue weighted by Gasteiger charge is 2.16. The largest absolute Gasteiger partial charge is 0.325 e. The van der Waals surface area contributed by atoms with E-state index in [1.165, 1.54) is 0 Å². The second-order valence-corrected chi connectivity index (χ2v) is 4.98. The van der Waals surface area contributed by atoms with Crippen LogP contribution < -0.4 is 0 Å². The van der Waals surface area contributed by atoms with Crippen LogP contribution in [0.3, 0.4) is 0 Å². The van der Waals surface area contributed by atoms with Gasteiger partial charge in [0.15, 0.2) is 0 Å². The number of hydrogen-bond acceptors (Lipinski definition) is 3. The van der Waals surface area contributed by atoms with Gasteiger partial charge >= 0.3 is 7.60 Å². The first-order chi connectivity index (χ1) is 6.49. The summed E-state index contributed by atoms with van der Waals surface area (Å²) in [6, 6.07) is 0. The molecule has 5 nitrogen and oxygen atoms in total. The van der Waals surface area contributed by atoms with Gasteiger partial charge in [0.2, 0.25) is 0 Å². The average Bonchev–Trinajstić information content (AvgIpc) is 2.14. The maximum absolute atomic E-state index is 10.6. The molecule has 1 aromatic heterocycles. The summed E-state index contributed by atoms with van der Waals surface area (Å²) in [6.45, 7) is 1.87. The molecule has 1 heterocycles. The van der Waals surface area contributed by atoms with Crippen molar-refractivity contribution < 1.29 is 14.4 Å². The summed E-state index contributed by atoms with van der Waals surface area (Å²) in [6.07, 6.45) is 5.07. The molecule has 1 atom stereocenters. The zero-order chi connectivity index (χ0) is 10.6. The Labute approximate surface area is 82.4 Å². The fourth-order valence-corrected chi connectivity index (χ4v) is 1.80. The number of nitrogens with zero attached hydrogens (tertiary/aromatic N) is 2. The van der Waals surface area contributed by atoms with Gasteiger partial charge in [0, 0.05) is 24.5 Å². The minimum absolute atomic E-state index is 0.0244. The van der Waals surface area contributed by atoms with Gasteiger partial charge in [-0.15, -0.1) is 0 Å². The van der Waals surface area contributed by atoms with Crippen molar-refractivity contribution >= 4 is 7.60 Å². The minimum Gasteiger partial charge on any atom is -0.324 e. The smallest absolute Gasteiger partial charge is 0.324 e. The number of aromatic nitrogens is 2. The first kappa shape index (κ1) is 11.3. The Balaban J connectivity index is 2.52. The standard InChI is InChI=1S/C8H13N2O3P/c1-7(2-5-14(11,12)13)8-6-9-3-4-10-8/h3-4,6-7H,2,5H2,1H3,(H2,11,12,13). The molecule has 0 aromatic carbocycles. The maximum atomic E-state index is 10.6. The summed E-state index contributed by atoms with van der Waals surface area (Å²) < 4.78 is 10.6.